The summed E-state index contributed by atoms with van der Waals surface area (Å²) in [6.45, 7) is 3.90. The first-order chi connectivity index (χ1) is 6.02. The second-order valence-corrected chi connectivity index (χ2v) is 3.28. The number of carboxylic acids is 1. The molecule has 0 aliphatic heterocycles. The molecule has 0 bridgehead atoms. The molecule has 0 radical (unpaired) electrons. The lowest BCUT2D eigenvalue weighted by Crippen LogP contribution is -2.15. The van der Waals surface area contributed by atoms with Crippen LogP contribution in [0.5, 0.6) is 0 Å². The highest BCUT2D eigenvalue weighted by Crippen LogP contribution is 2.20. The van der Waals surface area contributed by atoms with Crippen LogP contribution in [0.4, 0.5) is 0 Å². The third-order valence-electron chi connectivity index (χ3n) is 1.88. The Balaban J connectivity index is 2.85. The van der Waals surface area contributed by atoms with E-state index in [1.54, 1.807) is 6.07 Å². The van der Waals surface area contributed by atoms with Crippen molar-refractivity contribution in [3.05, 3.63) is 23.7 Å². The third kappa shape index (κ3) is 2.09. The normalized spacial score (nSPS) is 13.2. The second kappa shape index (κ2) is 3.62. The van der Waals surface area contributed by atoms with Gasteiger partial charge in [-0.05, 0) is 18.1 Å². The smallest absolute Gasteiger partial charge is 0.371 e. The largest absolute Gasteiger partial charge is 0.475 e. The molecule has 1 aromatic rings. The quantitative estimate of drug-likeness (QED) is 0.746. The highest BCUT2D eigenvalue weighted by Gasteiger charge is 2.16. The number of carboxylic acid groups (broad SMARTS) is 1. The van der Waals surface area contributed by atoms with Crippen molar-refractivity contribution >= 4 is 5.97 Å². The zero-order chi connectivity index (χ0) is 10.0. The maximum atomic E-state index is 10.5. The van der Waals surface area contributed by atoms with Gasteiger partial charge in [0.2, 0.25) is 5.76 Å². The Kier molecular flexibility index (Phi) is 2.72. The van der Waals surface area contributed by atoms with Gasteiger partial charge in [0, 0.05) is 0 Å². The van der Waals surface area contributed by atoms with Crippen molar-refractivity contribution in [2.75, 3.05) is 0 Å². The summed E-state index contributed by atoms with van der Waals surface area (Å²) in [5.41, 5.74) is 5.76. The lowest BCUT2D eigenvalue weighted by Gasteiger charge is -2.11. The number of hydrogen-bond donors (Lipinski definition) is 2. The van der Waals surface area contributed by atoms with Crippen LogP contribution < -0.4 is 5.73 Å². The summed E-state index contributed by atoms with van der Waals surface area (Å²) < 4.78 is 5.04. The Morgan fingerprint density at radius 2 is 2.15 bits per heavy atom. The molecular weight excluding hydrogens is 170 g/mol. The van der Waals surface area contributed by atoms with Crippen molar-refractivity contribution in [2.24, 2.45) is 11.7 Å². The highest BCUT2D eigenvalue weighted by molar-refractivity contribution is 5.84. The molecule has 4 heteroatoms. The average Bonchev–Trinajstić information content (AvgIpc) is 2.50. The summed E-state index contributed by atoms with van der Waals surface area (Å²) in [4.78, 5) is 10.5. The van der Waals surface area contributed by atoms with Crippen molar-refractivity contribution in [1.29, 1.82) is 0 Å². The first kappa shape index (κ1) is 9.80. The molecule has 72 valence electrons. The van der Waals surface area contributed by atoms with E-state index in [9.17, 15) is 4.79 Å². The number of hydrogen-bond acceptors (Lipinski definition) is 3. The zero-order valence-corrected chi connectivity index (χ0v) is 7.65. The Bertz CT molecular complexity index is 304. The van der Waals surface area contributed by atoms with Gasteiger partial charge in [0.15, 0.2) is 0 Å². The van der Waals surface area contributed by atoms with E-state index in [1.807, 2.05) is 13.8 Å². The monoisotopic (exact) mass is 183 g/mol. The van der Waals surface area contributed by atoms with Crippen LogP contribution in [0.3, 0.4) is 0 Å². The van der Waals surface area contributed by atoms with Gasteiger partial charge in [-0.25, -0.2) is 4.79 Å². The van der Waals surface area contributed by atoms with E-state index >= 15 is 0 Å². The van der Waals surface area contributed by atoms with E-state index < -0.39 is 5.97 Å². The van der Waals surface area contributed by atoms with E-state index in [0.29, 0.717) is 5.76 Å². The maximum Gasteiger partial charge on any atom is 0.371 e. The maximum absolute atomic E-state index is 10.5. The summed E-state index contributed by atoms with van der Waals surface area (Å²) in [5.74, 6) is -0.381. The minimum absolute atomic E-state index is 0.0638. The van der Waals surface area contributed by atoms with Crippen LogP contribution in [-0.4, -0.2) is 11.1 Å². The van der Waals surface area contributed by atoms with Crippen LogP contribution >= 0.6 is 0 Å². The molecule has 0 saturated heterocycles. The van der Waals surface area contributed by atoms with Gasteiger partial charge in [0.05, 0.1) is 6.04 Å². The van der Waals surface area contributed by atoms with Gasteiger partial charge >= 0.3 is 5.97 Å². The number of aromatic carboxylic acids is 1. The van der Waals surface area contributed by atoms with Gasteiger partial charge < -0.3 is 15.3 Å². The molecule has 4 nitrogen and oxygen atoms in total. The standard InChI is InChI=1S/C9H13NO3/c1-5(2)8(10)6-3-4-7(13-6)9(11)12/h3-5,8H,10H2,1-2H3,(H,11,12)/t8-/m1/s1. The number of rotatable bonds is 3. The minimum Gasteiger partial charge on any atom is -0.475 e. The Hall–Kier alpha value is -1.29. The molecule has 0 saturated carbocycles. The van der Waals surface area contributed by atoms with E-state index in [0.717, 1.165) is 0 Å². The Morgan fingerprint density at radius 3 is 2.54 bits per heavy atom. The summed E-state index contributed by atoms with van der Waals surface area (Å²) in [6.07, 6.45) is 0. The summed E-state index contributed by atoms with van der Waals surface area (Å²) >= 11 is 0. The van der Waals surface area contributed by atoms with Crippen molar-refractivity contribution in [3.63, 3.8) is 0 Å². The van der Waals surface area contributed by atoms with Crippen molar-refractivity contribution in [3.8, 4) is 0 Å². The topological polar surface area (TPSA) is 76.5 Å². The molecule has 0 spiro atoms. The van der Waals surface area contributed by atoms with Crippen LogP contribution in [0.15, 0.2) is 16.5 Å². The van der Waals surface area contributed by atoms with E-state index in [4.69, 9.17) is 15.3 Å². The molecule has 1 aromatic heterocycles. The third-order valence-corrected chi connectivity index (χ3v) is 1.88. The fourth-order valence-corrected chi connectivity index (χ4v) is 0.975. The molecule has 1 rings (SSSR count). The number of carbonyl (C=O) groups is 1. The van der Waals surface area contributed by atoms with Crippen LogP contribution in [0.25, 0.3) is 0 Å². The number of furan rings is 1. The fraction of sp³-hybridized carbons (Fsp3) is 0.444. The average molecular weight is 183 g/mol. The number of nitrogens with two attached hydrogens (primary N) is 1. The molecule has 1 atom stereocenters. The van der Waals surface area contributed by atoms with Crippen LogP contribution in [-0.2, 0) is 0 Å². The molecule has 0 amide bonds. The predicted octanol–water partition coefficient (Wildman–Crippen LogP) is 1.63. The molecule has 0 aromatic carbocycles. The lowest BCUT2D eigenvalue weighted by molar-refractivity contribution is 0.0659. The van der Waals surface area contributed by atoms with Gasteiger partial charge in [-0.15, -0.1) is 0 Å². The molecule has 1 heterocycles. The molecule has 0 unspecified atom stereocenters. The Labute approximate surface area is 76.3 Å². The Morgan fingerprint density at radius 1 is 1.54 bits per heavy atom. The van der Waals surface area contributed by atoms with Gasteiger partial charge in [0.25, 0.3) is 0 Å². The molecule has 0 fully saturated rings. The first-order valence-corrected chi connectivity index (χ1v) is 4.11. The molecule has 0 aliphatic carbocycles. The second-order valence-electron chi connectivity index (χ2n) is 3.28. The fourth-order valence-electron chi connectivity index (χ4n) is 0.975. The van der Waals surface area contributed by atoms with Crippen molar-refractivity contribution in [1.82, 2.24) is 0 Å². The van der Waals surface area contributed by atoms with E-state index in [2.05, 4.69) is 0 Å². The minimum atomic E-state index is -1.07. The zero-order valence-electron chi connectivity index (χ0n) is 7.65. The predicted molar refractivity (Wildman–Crippen MR) is 47.4 cm³/mol. The van der Waals surface area contributed by atoms with E-state index in [1.165, 1.54) is 6.07 Å². The summed E-state index contributed by atoms with van der Waals surface area (Å²) in [5, 5.41) is 8.58. The first-order valence-electron chi connectivity index (χ1n) is 4.11. The van der Waals surface area contributed by atoms with Crippen molar-refractivity contribution in [2.45, 2.75) is 19.9 Å². The summed E-state index contributed by atoms with van der Waals surface area (Å²) in [7, 11) is 0. The lowest BCUT2D eigenvalue weighted by atomic mass is 10.0. The van der Waals surface area contributed by atoms with Crippen LogP contribution in [0.1, 0.15) is 36.2 Å². The molecular formula is C9H13NO3. The molecule has 0 aliphatic rings. The van der Waals surface area contributed by atoms with Gasteiger partial charge in [-0.1, -0.05) is 13.8 Å². The molecule has 13 heavy (non-hydrogen) atoms. The van der Waals surface area contributed by atoms with Gasteiger partial charge in [0.1, 0.15) is 5.76 Å². The van der Waals surface area contributed by atoms with Crippen LogP contribution in [0, 0.1) is 5.92 Å². The SMILES string of the molecule is CC(C)[C@@H](N)c1ccc(C(=O)O)o1. The summed E-state index contributed by atoms with van der Waals surface area (Å²) in [6, 6.07) is 2.78. The van der Waals surface area contributed by atoms with E-state index in [-0.39, 0.29) is 17.7 Å². The molecule has 3 N–H and O–H groups in total. The van der Waals surface area contributed by atoms with Crippen LogP contribution in [0.2, 0.25) is 0 Å². The highest BCUT2D eigenvalue weighted by atomic mass is 16.4. The van der Waals surface area contributed by atoms with Gasteiger partial charge in [-0.3, -0.25) is 0 Å². The van der Waals surface area contributed by atoms with Gasteiger partial charge in [-0.2, -0.15) is 0 Å². The van der Waals surface area contributed by atoms with Crippen molar-refractivity contribution < 1.29 is 14.3 Å².